The quantitative estimate of drug-likeness (QED) is 0.741. The number of alkyl halides is 5. The van der Waals surface area contributed by atoms with Crippen LogP contribution >= 0.6 is 11.3 Å². The van der Waals surface area contributed by atoms with E-state index in [-0.39, 0.29) is 42.6 Å². The summed E-state index contributed by atoms with van der Waals surface area (Å²) in [5.41, 5.74) is -1.00. The smallest absolute Gasteiger partial charge is 0.373 e. The Labute approximate surface area is 150 Å². The molecule has 5 nitrogen and oxygen atoms in total. The molecule has 2 aromatic rings. The van der Waals surface area contributed by atoms with Gasteiger partial charge < -0.3 is 10.6 Å². The Kier molecular flexibility index (Phi) is 5.00. The van der Waals surface area contributed by atoms with Crippen molar-refractivity contribution in [3.63, 3.8) is 0 Å². The van der Waals surface area contributed by atoms with Gasteiger partial charge in [-0.15, -0.1) is 11.3 Å². The normalized spacial score (nSPS) is 17.9. The maximum Gasteiger partial charge on any atom is 0.434 e. The van der Waals surface area contributed by atoms with Gasteiger partial charge in [0.2, 0.25) is 5.92 Å². The molecule has 0 amide bonds. The SMILES string of the molecule is CNc1cc(NC2CCC(F)(F)CC2)nc(-c2nc(C(F)(F)F)cs2)n1. The largest absolute Gasteiger partial charge is 0.434 e. The van der Waals surface area contributed by atoms with E-state index < -0.39 is 17.8 Å². The summed E-state index contributed by atoms with van der Waals surface area (Å²) in [5.74, 6) is -1.85. The summed E-state index contributed by atoms with van der Waals surface area (Å²) in [6.45, 7) is 0. The summed E-state index contributed by atoms with van der Waals surface area (Å²) >= 11 is 0.792. The van der Waals surface area contributed by atoms with Crippen LogP contribution in [0.5, 0.6) is 0 Å². The van der Waals surface area contributed by atoms with Crippen LogP contribution in [-0.4, -0.2) is 34.0 Å². The Balaban J connectivity index is 1.82. The summed E-state index contributed by atoms with van der Waals surface area (Å²) in [6.07, 6.45) is -4.37. The van der Waals surface area contributed by atoms with Crippen molar-refractivity contribution in [2.75, 3.05) is 17.7 Å². The van der Waals surface area contributed by atoms with Crippen molar-refractivity contribution in [1.82, 2.24) is 15.0 Å². The first-order chi connectivity index (χ1) is 12.2. The first kappa shape index (κ1) is 18.7. The molecule has 2 N–H and O–H groups in total. The van der Waals surface area contributed by atoms with E-state index in [1.54, 1.807) is 13.1 Å². The van der Waals surface area contributed by atoms with Gasteiger partial charge >= 0.3 is 6.18 Å². The standard InChI is InChI=1S/C15H16F5N5S/c1-21-10-6-11(22-8-2-4-14(16,17)5-3-8)25-12(24-10)13-23-9(7-26-13)15(18,19)20/h6-8H,2-5H2,1H3,(H2,21,22,24,25). The van der Waals surface area contributed by atoms with Gasteiger partial charge in [-0.1, -0.05) is 0 Å². The third-order valence-electron chi connectivity index (χ3n) is 4.04. The molecule has 1 aliphatic carbocycles. The number of thiazole rings is 1. The maximum atomic E-state index is 13.3. The van der Waals surface area contributed by atoms with Gasteiger partial charge in [0.1, 0.15) is 11.6 Å². The molecule has 0 atom stereocenters. The van der Waals surface area contributed by atoms with Crippen LogP contribution in [0.2, 0.25) is 0 Å². The molecule has 1 fully saturated rings. The molecular formula is C15H16F5N5S. The van der Waals surface area contributed by atoms with Gasteiger partial charge in [0.25, 0.3) is 0 Å². The second kappa shape index (κ2) is 6.93. The molecule has 3 rings (SSSR count). The molecule has 0 saturated heterocycles. The van der Waals surface area contributed by atoms with E-state index in [9.17, 15) is 22.0 Å². The highest BCUT2D eigenvalue weighted by molar-refractivity contribution is 7.13. The molecule has 142 valence electrons. The van der Waals surface area contributed by atoms with E-state index in [0.717, 1.165) is 16.7 Å². The number of halogens is 5. The first-order valence-corrected chi connectivity index (χ1v) is 8.78. The number of anilines is 2. The lowest BCUT2D eigenvalue weighted by Crippen LogP contribution is -2.32. The zero-order valence-corrected chi connectivity index (χ0v) is 14.5. The van der Waals surface area contributed by atoms with Crippen molar-refractivity contribution in [1.29, 1.82) is 0 Å². The number of aromatic nitrogens is 3. The second-order valence-electron chi connectivity index (χ2n) is 6.02. The third-order valence-corrected chi connectivity index (χ3v) is 4.88. The lowest BCUT2D eigenvalue weighted by atomic mass is 9.92. The van der Waals surface area contributed by atoms with Crippen LogP contribution in [0.15, 0.2) is 11.4 Å². The summed E-state index contributed by atoms with van der Waals surface area (Å²) in [4.78, 5) is 11.9. The lowest BCUT2D eigenvalue weighted by Gasteiger charge is -2.29. The number of nitrogens with zero attached hydrogens (tertiary/aromatic N) is 3. The van der Waals surface area contributed by atoms with Crippen molar-refractivity contribution in [2.45, 2.75) is 43.8 Å². The fourth-order valence-electron chi connectivity index (χ4n) is 2.65. The molecule has 1 saturated carbocycles. The lowest BCUT2D eigenvalue weighted by molar-refractivity contribution is -0.140. The van der Waals surface area contributed by atoms with Gasteiger partial charge in [0.05, 0.1) is 0 Å². The van der Waals surface area contributed by atoms with E-state index in [1.165, 1.54) is 0 Å². The Bertz CT molecular complexity index is 766. The van der Waals surface area contributed by atoms with Crippen LogP contribution < -0.4 is 10.6 Å². The van der Waals surface area contributed by atoms with Crippen LogP contribution in [0.4, 0.5) is 33.6 Å². The maximum absolute atomic E-state index is 13.3. The molecule has 11 heteroatoms. The minimum Gasteiger partial charge on any atom is -0.373 e. The van der Waals surface area contributed by atoms with Gasteiger partial charge in [0, 0.05) is 37.4 Å². The minimum absolute atomic E-state index is 0.0349. The monoisotopic (exact) mass is 393 g/mol. The summed E-state index contributed by atoms with van der Waals surface area (Å²) in [5, 5.41) is 6.82. The van der Waals surface area contributed by atoms with E-state index >= 15 is 0 Å². The van der Waals surface area contributed by atoms with Crippen molar-refractivity contribution < 1.29 is 22.0 Å². The van der Waals surface area contributed by atoms with E-state index in [2.05, 4.69) is 25.6 Å². The fourth-order valence-corrected chi connectivity index (χ4v) is 3.40. The molecule has 26 heavy (non-hydrogen) atoms. The predicted octanol–water partition coefficient (Wildman–Crippen LogP) is 4.65. The summed E-state index contributed by atoms with van der Waals surface area (Å²) in [7, 11) is 1.61. The van der Waals surface area contributed by atoms with Gasteiger partial charge in [0.15, 0.2) is 16.5 Å². The highest BCUT2D eigenvalue weighted by Crippen LogP contribution is 2.35. The van der Waals surface area contributed by atoms with Crippen LogP contribution in [0.25, 0.3) is 10.8 Å². The van der Waals surface area contributed by atoms with E-state index in [1.807, 2.05) is 0 Å². The highest BCUT2D eigenvalue weighted by Gasteiger charge is 2.35. The van der Waals surface area contributed by atoms with E-state index in [4.69, 9.17) is 0 Å². The van der Waals surface area contributed by atoms with Gasteiger partial charge in [-0.25, -0.2) is 23.7 Å². The number of hydrogen-bond acceptors (Lipinski definition) is 6. The molecule has 1 aliphatic rings. The molecule has 0 bridgehead atoms. The van der Waals surface area contributed by atoms with Crippen molar-refractivity contribution >= 4 is 23.0 Å². The average Bonchev–Trinajstić information content (AvgIpc) is 3.07. The van der Waals surface area contributed by atoms with Crippen LogP contribution in [0, 0.1) is 0 Å². The average molecular weight is 393 g/mol. The van der Waals surface area contributed by atoms with Gasteiger partial charge in [-0.05, 0) is 12.8 Å². The van der Waals surface area contributed by atoms with Gasteiger partial charge in [-0.2, -0.15) is 13.2 Å². The second-order valence-corrected chi connectivity index (χ2v) is 6.88. The van der Waals surface area contributed by atoms with Crippen LogP contribution in [-0.2, 0) is 6.18 Å². The van der Waals surface area contributed by atoms with Crippen molar-refractivity contribution in [3.05, 3.63) is 17.1 Å². The predicted molar refractivity (Wildman–Crippen MR) is 88.5 cm³/mol. The highest BCUT2D eigenvalue weighted by atomic mass is 32.1. The Morgan fingerprint density at radius 3 is 2.35 bits per heavy atom. The molecule has 0 aromatic carbocycles. The van der Waals surface area contributed by atoms with Crippen LogP contribution in [0.1, 0.15) is 31.4 Å². The van der Waals surface area contributed by atoms with Crippen molar-refractivity contribution in [2.24, 2.45) is 0 Å². The number of rotatable bonds is 4. The molecule has 0 aliphatic heterocycles. The minimum atomic E-state index is -4.54. The Hall–Kier alpha value is -2.04. The van der Waals surface area contributed by atoms with Crippen LogP contribution in [0.3, 0.4) is 0 Å². The summed E-state index contributed by atoms with van der Waals surface area (Å²) in [6, 6.07) is 1.40. The zero-order valence-electron chi connectivity index (χ0n) is 13.7. The first-order valence-electron chi connectivity index (χ1n) is 7.90. The van der Waals surface area contributed by atoms with Gasteiger partial charge in [-0.3, -0.25) is 0 Å². The molecule has 0 spiro atoms. The summed E-state index contributed by atoms with van der Waals surface area (Å²) < 4.78 is 64.7. The number of hydrogen-bond donors (Lipinski definition) is 2. The third kappa shape index (κ3) is 4.37. The Morgan fingerprint density at radius 1 is 1.12 bits per heavy atom. The Morgan fingerprint density at radius 2 is 1.77 bits per heavy atom. The molecule has 2 aromatic heterocycles. The zero-order chi connectivity index (χ0) is 18.9. The fraction of sp³-hybridized carbons (Fsp3) is 0.533. The topological polar surface area (TPSA) is 62.7 Å². The van der Waals surface area contributed by atoms with E-state index in [0.29, 0.717) is 11.6 Å². The molecule has 0 unspecified atom stereocenters. The molecular weight excluding hydrogens is 377 g/mol. The van der Waals surface area contributed by atoms with Crippen molar-refractivity contribution in [3.8, 4) is 10.8 Å². The molecule has 2 heterocycles. The molecule has 0 radical (unpaired) electrons. The number of nitrogens with one attached hydrogen (secondary N) is 2.